The number of aryl methyl sites for hydroxylation is 1. The van der Waals surface area contributed by atoms with E-state index in [0.717, 1.165) is 16.8 Å². The third kappa shape index (κ3) is 4.03. The van der Waals surface area contributed by atoms with Crippen molar-refractivity contribution in [2.75, 3.05) is 5.32 Å². The SMILES string of the molecule is Cc1nc(SC(C)C(=O)Nc2ccccc2C#N)c(C(N)=O)c(C)c1C. The van der Waals surface area contributed by atoms with Gasteiger partial charge in [-0.1, -0.05) is 23.9 Å². The van der Waals surface area contributed by atoms with Gasteiger partial charge in [0.1, 0.15) is 11.1 Å². The number of pyridine rings is 1. The molecule has 0 aliphatic carbocycles. The van der Waals surface area contributed by atoms with Crippen LogP contribution >= 0.6 is 11.8 Å². The number of primary amides is 1. The second-order valence-corrected chi connectivity index (χ2v) is 7.23. The first kappa shape index (κ1) is 19.5. The van der Waals surface area contributed by atoms with Crippen LogP contribution in [0, 0.1) is 32.1 Å². The fourth-order valence-electron chi connectivity index (χ4n) is 2.43. The van der Waals surface area contributed by atoms with Crippen molar-refractivity contribution in [2.45, 2.75) is 38.0 Å². The number of nitrogens with one attached hydrogen (secondary N) is 1. The Morgan fingerprint density at radius 2 is 1.88 bits per heavy atom. The number of nitrogens with two attached hydrogens (primary N) is 1. The summed E-state index contributed by atoms with van der Waals surface area (Å²) in [7, 11) is 0. The molecule has 0 aliphatic rings. The quantitative estimate of drug-likeness (QED) is 0.788. The maximum absolute atomic E-state index is 12.5. The van der Waals surface area contributed by atoms with Crippen LogP contribution in [0.4, 0.5) is 5.69 Å². The minimum Gasteiger partial charge on any atom is -0.366 e. The van der Waals surface area contributed by atoms with Gasteiger partial charge in [0.25, 0.3) is 5.91 Å². The first-order valence-electron chi connectivity index (χ1n) is 8.00. The van der Waals surface area contributed by atoms with Crippen LogP contribution in [0.25, 0.3) is 0 Å². The van der Waals surface area contributed by atoms with E-state index in [1.165, 1.54) is 11.8 Å². The number of benzene rings is 1. The lowest BCUT2D eigenvalue weighted by Crippen LogP contribution is -2.24. The zero-order valence-electron chi connectivity index (χ0n) is 15.1. The van der Waals surface area contributed by atoms with Crippen LogP contribution in [0.15, 0.2) is 29.3 Å². The van der Waals surface area contributed by atoms with Gasteiger partial charge in [-0.25, -0.2) is 4.98 Å². The summed E-state index contributed by atoms with van der Waals surface area (Å²) in [5, 5.41) is 11.8. The molecule has 2 amide bonds. The van der Waals surface area contributed by atoms with Gasteiger partial charge in [-0.2, -0.15) is 5.26 Å². The number of hydrogen-bond acceptors (Lipinski definition) is 5. The van der Waals surface area contributed by atoms with Crippen LogP contribution in [0.3, 0.4) is 0 Å². The number of carbonyl (C=O) groups excluding carboxylic acids is 2. The van der Waals surface area contributed by atoms with Crippen LogP contribution in [0.1, 0.15) is 39.7 Å². The summed E-state index contributed by atoms with van der Waals surface area (Å²) in [4.78, 5) is 28.8. The first-order valence-corrected chi connectivity index (χ1v) is 8.88. The highest BCUT2D eigenvalue weighted by atomic mass is 32.2. The summed E-state index contributed by atoms with van der Waals surface area (Å²) >= 11 is 1.17. The highest BCUT2D eigenvalue weighted by Crippen LogP contribution is 2.30. The number of para-hydroxylation sites is 1. The Bertz CT molecular complexity index is 918. The summed E-state index contributed by atoms with van der Waals surface area (Å²) in [5.41, 5.74) is 9.17. The van der Waals surface area contributed by atoms with Gasteiger partial charge in [0.15, 0.2) is 0 Å². The molecule has 26 heavy (non-hydrogen) atoms. The number of amides is 2. The van der Waals surface area contributed by atoms with Gasteiger partial charge in [0, 0.05) is 5.69 Å². The molecule has 3 N–H and O–H groups in total. The Morgan fingerprint density at radius 1 is 1.23 bits per heavy atom. The normalized spacial score (nSPS) is 11.5. The van der Waals surface area contributed by atoms with Gasteiger partial charge in [0.05, 0.1) is 22.1 Å². The predicted molar refractivity (Wildman–Crippen MR) is 102 cm³/mol. The number of rotatable bonds is 5. The molecule has 1 aromatic heterocycles. The molecule has 2 aromatic rings. The lowest BCUT2D eigenvalue weighted by molar-refractivity contribution is -0.115. The molecule has 1 aromatic carbocycles. The van der Waals surface area contributed by atoms with E-state index in [0.29, 0.717) is 21.8 Å². The van der Waals surface area contributed by atoms with E-state index >= 15 is 0 Å². The molecule has 0 aliphatic heterocycles. The van der Waals surface area contributed by atoms with Crippen molar-refractivity contribution < 1.29 is 9.59 Å². The van der Waals surface area contributed by atoms with E-state index in [9.17, 15) is 9.59 Å². The van der Waals surface area contributed by atoms with Crippen molar-refractivity contribution in [2.24, 2.45) is 5.73 Å². The number of hydrogen-bond donors (Lipinski definition) is 2. The molecular weight excluding hydrogens is 348 g/mol. The molecular formula is C19H20N4O2S. The molecule has 1 atom stereocenters. The number of aromatic nitrogens is 1. The Labute approximate surface area is 156 Å². The van der Waals surface area contributed by atoms with Crippen LogP contribution in [0.2, 0.25) is 0 Å². The van der Waals surface area contributed by atoms with Gasteiger partial charge in [-0.05, 0) is 51.0 Å². The van der Waals surface area contributed by atoms with Crippen molar-refractivity contribution in [3.05, 3.63) is 52.2 Å². The summed E-state index contributed by atoms with van der Waals surface area (Å²) in [6, 6.07) is 8.81. The van der Waals surface area contributed by atoms with Crippen molar-refractivity contribution in [1.82, 2.24) is 4.98 Å². The van der Waals surface area contributed by atoms with Crippen molar-refractivity contribution >= 4 is 29.3 Å². The van der Waals surface area contributed by atoms with E-state index in [4.69, 9.17) is 11.0 Å². The van der Waals surface area contributed by atoms with Crippen molar-refractivity contribution in [3.63, 3.8) is 0 Å². The summed E-state index contributed by atoms with van der Waals surface area (Å²) in [6.07, 6.45) is 0. The van der Waals surface area contributed by atoms with Gasteiger partial charge >= 0.3 is 0 Å². The molecule has 1 unspecified atom stereocenters. The Morgan fingerprint density at radius 3 is 2.50 bits per heavy atom. The number of thioether (sulfide) groups is 1. The molecule has 6 nitrogen and oxygen atoms in total. The van der Waals surface area contributed by atoms with Crippen molar-refractivity contribution in [3.8, 4) is 6.07 Å². The number of anilines is 1. The molecule has 0 fully saturated rings. The standard InChI is InChI=1S/C19H20N4O2S/c1-10-11(2)16(17(21)24)19(22-12(10)3)26-13(4)18(25)23-15-8-6-5-7-14(15)9-20/h5-8,13H,1-4H3,(H2,21,24)(H,23,25). The minimum absolute atomic E-state index is 0.286. The number of nitrogens with zero attached hydrogens (tertiary/aromatic N) is 2. The van der Waals surface area contributed by atoms with Gasteiger partial charge in [-0.3, -0.25) is 9.59 Å². The zero-order chi connectivity index (χ0) is 19.4. The molecule has 2 rings (SSSR count). The average molecular weight is 368 g/mol. The van der Waals surface area contributed by atoms with E-state index in [1.54, 1.807) is 31.2 Å². The molecule has 0 radical (unpaired) electrons. The summed E-state index contributed by atoms with van der Waals surface area (Å²) < 4.78 is 0. The van der Waals surface area contributed by atoms with Gasteiger partial charge < -0.3 is 11.1 Å². The molecule has 0 saturated heterocycles. The Balaban J connectivity index is 2.27. The van der Waals surface area contributed by atoms with Gasteiger partial charge in [0.2, 0.25) is 5.91 Å². The smallest absolute Gasteiger partial charge is 0.251 e. The lowest BCUT2D eigenvalue weighted by Gasteiger charge is -2.17. The third-order valence-electron chi connectivity index (χ3n) is 4.17. The summed E-state index contributed by atoms with van der Waals surface area (Å²) in [5.74, 6) is -0.853. The Hall–Kier alpha value is -2.85. The first-order chi connectivity index (χ1) is 12.3. The van der Waals surface area contributed by atoms with E-state index in [2.05, 4.69) is 10.3 Å². The van der Waals surface area contributed by atoms with E-state index in [1.807, 2.05) is 26.8 Å². The van der Waals surface area contributed by atoms with Gasteiger partial charge in [-0.15, -0.1) is 0 Å². The van der Waals surface area contributed by atoms with Crippen LogP contribution in [-0.2, 0) is 4.79 Å². The van der Waals surface area contributed by atoms with Crippen LogP contribution in [0.5, 0.6) is 0 Å². The molecule has 0 saturated carbocycles. The molecule has 7 heteroatoms. The van der Waals surface area contributed by atoms with Crippen LogP contribution in [-0.4, -0.2) is 22.0 Å². The molecule has 0 spiro atoms. The highest BCUT2D eigenvalue weighted by molar-refractivity contribution is 8.00. The Kier molecular flexibility index (Phi) is 6.01. The maximum Gasteiger partial charge on any atom is 0.251 e. The summed E-state index contributed by atoms with van der Waals surface area (Å²) in [6.45, 7) is 7.27. The third-order valence-corrected chi connectivity index (χ3v) is 5.26. The largest absolute Gasteiger partial charge is 0.366 e. The second-order valence-electron chi connectivity index (χ2n) is 5.90. The monoisotopic (exact) mass is 368 g/mol. The van der Waals surface area contributed by atoms with Crippen LogP contribution < -0.4 is 11.1 Å². The van der Waals surface area contributed by atoms with E-state index in [-0.39, 0.29) is 5.91 Å². The average Bonchev–Trinajstić information content (AvgIpc) is 2.59. The number of nitriles is 1. The van der Waals surface area contributed by atoms with Crippen molar-refractivity contribution in [1.29, 1.82) is 5.26 Å². The topological polar surface area (TPSA) is 109 Å². The molecule has 0 bridgehead atoms. The van der Waals surface area contributed by atoms with E-state index < -0.39 is 11.2 Å². The zero-order valence-corrected chi connectivity index (χ0v) is 15.9. The minimum atomic E-state index is -0.567. The predicted octanol–water partition coefficient (Wildman–Crippen LogP) is 3.10. The second kappa shape index (κ2) is 8.02. The fraction of sp³-hybridized carbons (Fsp3) is 0.263. The lowest BCUT2D eigenvalue weighted by atomic mass is 10.0. The molecule has 1 heterocycles. The maximum atomic E-state index is 12.5. The fourth-order valence-corrected chi connectivity index (χ4v) is 3.49. The number of carbonyl (C=O) groups is 2. The highest BCUT2D eigenvalue weighted by Gasteiger charge is 2.23. The molecule has 134 valence electrons.